The highest BCUT2D eigenvalue weighted by Gasteiger charge is 2.39. The van der Waals surface area contributed by atoms with Gasteiger partial charge in [0.25, 0.3) is 0 Å². The van der Waals surface area contributed by atoms with Crippen molar-refractivity contribution in [1.29, 1.82) is 0 Å². The predicted octanol–water partition coefficient (Wildman–Crippen LogP) is 9.59. The van der Waals surface area contributed by atoms with Crippen molar-refractivity contribution in [1.82, 2.24) is 5.32 Å². The minimum absolute atomic E-state index is 0.167. The number of allylic oxidation sites excluding steroid dienone is 4. The molecular formula is C42H38N4. The van der Waals surface area contributed by atoms with Gasteiger partial charge in [-0.3, -0.25) is 10.3 Å². The van der Waals surface area contributed by atoms with Crippen LogP contribution in [0, 0.1) is 0 Å². The first-order valence-corrected chi connectivity index (χ1v) is 15.8. The standard InChI is InChI=1S/C42H38N4/c1-29-14-12-13-27-46(39-34(29)25-26-36-35-19-10-11-20-37(35)42(2,3)38(36)39)33-23-21-30(22-24-33)28-44-41(32-17-8-5-9-18-32)45-40(43)31-15-6-4-7-16-31/h4-28,40-41,45H,1,43H2,2-3H3/b14-12-,27-13-,44-28+. The average molecular weight is 599 g/mol. The molecule has 0 aromatic heterocycles. The van der Waals surface area contributed by atoms with E-state index in [-0.39, 0.29) is 17.7 Å². The summed E-state index contributed by atoms with van der Waals surface area (Å²) in [6.45, 7) is 9.11. The first kappa shape index (κ1) is 29.4. The Morgan fingerprint density at radius 2 is 1.39 bits per heavy atom. The summed E-state index contributed by atoms with van der Waals surface area (Å²) in [5.74, 6) is 0. The van der Waals surface area contributed by atoms with Crippen LogP contribution in [-0.2, 0) is 5.41 Å². The molecule has 5 aromatic carbocycles. The van der Waals surface area contributed by atoms with Gasteiger partial charge in [0.1, 0.15) is 6.17 Å². The van der Waals surface area contributed by atoms with Crippen LogP contribution in [0.4, 0.5) is 11.4 Å². The molecule has 1 aliphatic heterocycles. The van der Waals surface area contributed by atoms with Gasteiger partial charge in [0, 0.05) is 29.1 Å². The first-order chi connectivity index (χ1) is 22.4. The van der Waals surface area contributed by atoms with E-state index in [1.165, 1.54) is 27.9 Å². The van der Waals surface area contributed by atoms with Gasteiger partial charge in [0.15, 0.2) is 0 Å². The number of rotatable bonds is 7. The van der Waals surface area contributed by atoms with Crippen LogP contribution in [0.3, 0.4) is 0 Å². The topological polar surface area (TPSA) is 53.6 Å². The maximum absolute atomic E-state index is 6.56. The first-order valence-electron chi connectivity index (χ1n) is 15.8. The number of nitrogens with one attached hydrogen (secondary N) is 1. The monoisotopic (exact) mass is 598 g/mol. The van der Waals surface area contributed by atoms with Crippen molar-refractivity contribution >= 4 is 23.2 Å². The Balaban J connectivity index is 1.23. The highest BCUT2D eigenvalue weighted by molar-refractivity contribution is 5.95. The molecule has 1 aliphatic carbocycles. The van der Waals surface area contributed by atoms with Gasteiger partial charge in [-0.05, 0) is 62.7 Å². The SMILES string of the molecule is C=C1/C=C\C=C/N(c2ccc(/C=N/C(NC(N)c3ccccc3)c3ccccc3)cc2)c2c1ccc1c2C(C)(C)c2ccccc2-1. The molecular weight excluding hydrogens is 560 g/mol. The van der Waals surface area contributed by atoms with Crippen LogP contribution in [-0.4, -0.2) is 6.21 Å². The zero-order valence-electron chi connectivity index (χ0n) is 26.3. The molecule has 0 bridgehead atoms. The molecule has 0 amide bonds. The van der Waals surface area contributed by atoms with Crippen molar-refractivity contribution < 1.29 is 0 Å². The van der Waals surface area contributed by atoms with E-state index >= 15 is 0 Å². The molecule has 0 spiro atoms. The molecule has 5 aromatic rings. The third-order valence-corrected chi connectivity index (χ3v) is 9.08. The summed E-state index contributed by atoms with van der Waals surface area (Å²) in [5, 5.41) is 3.50. The molecule has 0 fully saturated rings. The highest BCUT2D eigenvalue weighted by atomic mass is 15.1. The Hall–Kier alpha value is -5.29. The lowest BCUT2D eigenvalue weighted by molar-refractivity contribution is 0.467. The third-order valence-electron chi connectivity index (χ3n) is 9.08. The molecule has 7 rings (SSSR count). The second kappa shape index (κ2) is 12.2. The van der Waals surface area contributed by atoms with E-state index in [2.05, 4.69) is 128 Å². The number of aliphatic imine (C=N–C) groups is 1. The Morgan fingerprint density at radius 3 is 2.13 bits per heavy atom. The fourth-order valence-electron chi connectivity index (χ4n) is 6.71. The molecule has 1 heterocycles. The number of anilines is 2. The Morgan fingerprint density at radius 1 is 0.739 bits per heavy atom. The Labute approximate surface area is 272 Å². The normalized spacial score (nSPS) is 17.4. The summed E-state index contributed by atoms with van der Waals surface area (Å²) >= 11 is 0. The van der Waals surface area contributed by atoms with E-state index in [4.69, 9.17) is 10.7 Å². The van der Waals surface area contributed by atoms with Crippen LogP contribution in [0.25, 0.3) is 16.7 Å². The fraction of sp³-hybridized carbons (Fsp3) is 0.119. The molecule has 46 heavy (non-hydrogen) atoms. The lowest BCUT2D eigenvalue weighted by atomic mass is 9.79. The summed E-state index contributed by atoms with van der Waals surface area (Å²) in [4.78, 5) is 7.28. The van der Waals surface area contributed by atoms with Gasteiger partial charge in [-0.15, -0.1) is 0 Å². The Bertz CT molecular complexity index is 1970. The van der Waals surface area contributed by atoms with E-state index < -0.39 is 0 Å². The van der Waals surface area contributed by atoms with Gasteiger partial charge in [-0.1, -0.05) is 142 Å². The predicted molar refractivity (Wildman–Crippen MR) is 193 cm³/mol. The maximum Gasteiger partial charge on any atom is 0.127 e. The van der Waals surface area contributed by atoms with E-state index in [1.54, 1.807) is 0 Å². The minimum atomic E-state index is -0.356. The number of hydrogen-bond donors (Lipinski definition) is 2. The smallest absolute Gasteiger partial charge is 0.127 e. The van der Waals surface area contributed by atoms with Crippen molar-refractivity contribution in [3.8, 4) is 11.1 Å². The van der Waals surface area contributed by atoms with Gasteiger partial charge >= 0.3 is 0 Å². The lowest BCUT2D eigenvalue weighted by Gasteiger charge is -2.32. The molecule has 0 saturated heterocycles. The molecule has 4 heteroatoms. The molecule has 2 atom stereocenters. The lowest BCUT2D eigenvalue weighted by Crippen LogP contribution is -2.31. The van der Waals surface area contributed by atoms with Crippen LogP contribution >= 0.6 is 0 Å². The summed E-state index contributed by atoms with van der Waals surface area (Å²) in [6.07, 6.45) is 9.66. The van der Waals surface area contributed by atoms with Gasteiger partial charge in [0.2, 0.25) is 0 Å². The molecule has 226 valence electrons. The van der Waals surface area contributed by atoms with Crippen LogP contribution in [0.15, 0.2) is 157 Å². The maximum atomic E-state index is 6.56. The fourth-order valence-corrected chi connectivity index (χ4v) is 6.71. The van der Waals surface area contributed by atoms with Crippen LogP contribution in [0.1, 0.15) is 59.6 Å². The molecule has 2 unspecified atom stereocenters. The van der Waals surface area contributed by atoms with E-state index in [9.17, 15) is 0 Å². The van der Waals surface area contributed by atoms with E-state index in [1.807, 2.05) is 54.7 Å². The van der Waals surface area contributed by atoms with Crippen molar-refractivity contribution in [3.05, 3.63) is 186 Å². The van der Waals surface area contributed by atoms with E-state index in [0.29, 0.717) is 0 Å². The van der Waals surface area contributed by atoms with Crippen LogP contribution < -0.4 is 16.0 Å². The Kier molecular flexibility index (Phi) is 7.83. The number of benzene rings is 5. The zero-order valence-corrected chi connectivity index (χ0v) is 26.3. The van der Waals surface area contributed by atoms with Crippen molar-refractivity contribution in [3.63, 3.8) is 0 Å². The molecule has 4 nitrogen and oxygen atoms in total. The summed E-state index contributed by atoms with van der Waals surface area (Å²) < 4.78 is 0. The highest BCUT2D eigenvalue weighted by Crippen LogP contribution is 2.55. The summed E-state index contributed by atoms with van der Waals surface area (Å²) in [6, 6.07) is 42.1. The second-order valence-corrected chi connectivity index (χ2v) is 12.4. The molecule has 3 N–H and O–H groups in total. The minimum Gasteiger partial charge on any atom is -0.316 e. The average Bonchev–Trinajstić information content (AvgIpc) is 3.32. The molecule has 0 saturated carbocycles. The van der Waals surface area contributed by atoms with Crippen LogP contribution in [0.2, 0.25) is 0 Å². The number of hydrogen-bond acceptors (Lipinski definition) is 4. The van der Waals surface area contributed by atoms with Crippen molar-refractivity contribution in [2.45, 2.75) is 31.6 Å². The van der Waals surface area contributed by atoms with Gasteiger partial charge in [0.05, 0.1) is 11.9 Å². The zero-order chi connectivity index (χ0) is 31.7. The summed E-state index contributed by atoms with van der Waals surface area (Å²) in [7, 11) is 0. The van der Waals surface area contributed by atoms with Crippen molar-refractivity contribution in [2.24, 2.45) is 10.7 Å². The van der Waals surface area contributed by atoms with Gasteiger partial charge < -0.3 is 10.6 Å². The summed E-state index contributed by atoms with van der Waals surface area (Å²) in [5.41, 5.74) is 19.1. The van der Waals surface area contributed by atoms with Gasteiger partial charge in [-0.2, -0.15) is 0 Å². The van der Waals surface area contributed by atoms with Gasteiger partial charge in [-0.25, -0.2) is 0 Å². The number of fused-ring (bicyclic) bond motifs is 5. The van der Waals surface area contributed by atoms with Crippen LogP contribution in [0.5, 0.6) is 0 Å². The molecule has 2 aliphatic rings. The number of nitrogens with zero attached hydrogens (tertiary/aromatic N) is 2. The largest absolute Gasteiger partial charge is 0.316 e. The van der Waals surface area contributed by atoms with E-state index in [0.717, 1.165) is 33.5 Å². The quantitative estimate of drug-likeness (QED) is 0.145. The number of nitrogens with two attached hydrogens (primary N) is 1. The third kappa shape index (κ3) is 5.43. The second-order valence-electron chi connectivity index (χ2n) is 12.4. The molecule has 0 radical (unpaired) electrons. The van der Waals surface area contributed by atoms with Crippen molar-refractivity contribution in [2.75, 3.05) is 4.90 Å².